The standard InChI is InChI=1S/C24H21N3O3/c1-16-9-11-19-20(14-16)24(30)27(23(19)29)13-5-8-22(28)26-21-12-10-18(15-25-21)17-6-3-2-4-7-17/h2-4,6-7,9-12,14-15H,5,8,13H2,1H3,(H,25,26,28). The van der Waals surface area contributed by atoms with Gasteiger partial charge in [0.1, 0.15) is 5.82 Å². The Morgan fingerprint density at radius 1 is 0.933 bits per heavy atom. The van der Waals surface area contributed by atoms with Crippen LogP contribution in [-0.4, -0.2) is 34.2 Å². The number of rotatable bonds is 6. The van der Waals surface area contributed by atoms with Gasteiger partial charge in [0, 0.05) is 24.7 Å². The molecular formula is C24H21N3O3. The number of aromatic nitrogens is 1. The summed E-state index contributed by atoms with van der Waals surface area (Å²) in [6.45, 7) is 2.09. The van der Waals surface area contributed by atoms with Gasteiger partial charge in [-0.2, -0.15) is 0 Å². The van der Waals surface area contributed by atoms with Gasteiger partial charge in [0.15, 0.2) is 0 Å². The molecule has 0 bridgehead atoms. The predicted octanol–water partition coefficient (Wildman–Crippen LogP) is 4.07. The van der Waals surface area contributed by atoms with E-state index in [4.69, 9.17) is 0 Å². The summed E-state index contributed by atoms with van der Waals surface area (Å²) in [7, 11) is 0. The van der Waals surface area contributed by atoms with Gasteiger partial charge in [-0.3, -0.25) is 19.3 Å². The fourth-order valence-corrected chi connectivity index (χ4v) is 3.48. The van der Waals surface area contributed by atoms with Crippen LogP contribution in [-0.2, 0) is 4.79 Å². The summed E-state index contributed by atoms with van der Waals surface area (Å²) in [4.78, 5) is 42.6. The first kappa shape index (κ1) is 19.5. The number of aryl methyl sites for hydroxylation is 1. The van der Waals surface area contributed by atoms with Crippen molar-refractivity contribution in [1.29, 1.82) is 0 Å². The van der Waals surface area contributed by atoms with Crippen LogP contribution in [0, 0.1) is 6.92 Å². The van der Waals surface area contributed by atoms with E-state index in [1.54, 1.807) is 24.4 Å². The largest absolute Gasteiger partial charge is 0.311 e. The molecule has 6 nitrogen and oxygen atoms in total. The topological polar surface area (TPSA) is 79.4 Å². The lowest BCUT2D eigenvalue weighted by Gasteiger charge is -2.13. The van der Waals surface area contributed by atoms with Crippen molar-refractivity contribution < 1.29 is 14.4 Å². The van der Waals surface area contributed by atoms with Crippen LogP contribution >= 0.6 is 0 Å². The van der Waals surface area contributed by atoms with Crippen molar-refractivity contribution in [2.24, 2.45) is 0 Å². The molecular weight excluding hydrogens is 378 g/mol. The van der Waals surface area contributed by atoms with Crippen molar-refractivity contribution in [3.8, 4) is 11.1 Å². The van der Waals surface area contributed by atoms with Crippen LogP contribution in [0.1, 0.15) is 39.1 Å². The van der Waals surface area contributed by atoms with Crippen LogP contribution in [0.15, 0.2) is 66.9 Å². The quantitative estimate of drug-likeness (QED) is 0.634. The van der Waals surface area contributed by atoms with Gasteiger partial charge in [0.05, 0.1) is 11.1 Å². The van der Waals surface area contributed by atoms with E-state index in [0.29, 0.717) is 23.4 Å². The average molecular weight is 399 g/mol. The Labute approximate surface area is 174 Å². The SMILES string of the molecule is Cc1ccc2c(c1)C(=O)N(CCCC(=O)Nc1ccc(-c3ccccc3)cn1)C2=O. The minimum absolute atomic E-state index is 0.189. The Kier molecular flexibility index (Phi) is 5.39. The number of benzene rings is 2. The number of hydrogen-bond donors (Lipinski definition) is 1. The van der Waals surface area contributed by atoms with Gasteiger partial charge in [-0.25, -0.2) is 4.98 Å². The first-order valence-electron chi connectivity index (χ1n) is 9.81. The van der Waals surface area contributed by atoms with Gasteiger partial charge in [0.25, 0.3) is 11.8 Å². The first-order chi connectivity index (χ1) is 14.5. The van der Waals surface area contributed by atoms with E-state index in [-0.39, 0.29) is 30.7 Å². The van der Waals surface area contributed by atoms with E-state index in [0.717, 1.165) is 16.7 Å². The summed E-state index contributed by atoms with van der Waals surface area (Å²) in [6, 6.07) is 18.7. The number of hydrogen-bond acceptors (Lipinski definition) is 4. The normalized spacial score (nSPS) is 12.8. The number of carbonyl (C=O) groups is 3. The summed E-state index contributed by atoms with van der Waals surface area (Å²) in [5, 5.41) is 2.75. The van der Waals surface area contributed by atoms with Gasteiger partial charge in [0.2, 0.25) is 5.91 Å². The number of carbonyl (C=O) groups excluding carboxylic acids is 3. The minimum atomic E-state index is -0.298. The highest BCUT2D eigenvalue weighted by Gasteiger charge is 2.34. The van der Waals surface area contributed by atoms with E-state index >= 15 is 0 Å². The van der Waals surface area contributed by atoms with Gasteiger partial charge < -0.3 is 5.32 Å². The van der Waals surface area contributed by atoms with Crippen molar-refractivity contribution >= 4 is 23.5 Å². The molecule has 0 radical (unpaired) electrons. The molecule has 3 aromatic rings. The maximum absolute atomic E-state index is 12.5. The zero-order valence-electron chi connectivity index (χ0n) is 16.6. The molecule has 1 aromatic heterocycles. The Morgan fingerprint density at radius 3 is 2.43 bits per heavy atom. The fraction of sp³-hybridized carbons (Fsp3) is 0.167. The van der Waals surface area contributed by atoms with Crippen molar-refractivity contribution in [2.75, 3.05) is 11.9 Å². The molecule has 0 saturated heterocycles. The molecule has 1 aliphatic heterocycles. The lowest BCUT2D eigenvalue weighted by atomic mass is 10.1. The number of imide groups is 1. The lowest BCUT2D eigenvalue weighted by Crippen LogP contribution is -2.31. The fourth-order valence-electron chi connectivity index (χ4n) is 3.48. The lowest BCUT2D eigenvalue weighted by molar-refractivity contribution is -0.116. The maximum atomic E-state index is 12.5. The monoisotopic (exact) mass is 399 g/mol. The van der Waals surface area contributed by atoms with Crippen molar-refractivity contribution in [3.05, 3.63) is 83.6 Å². The second-order valence-electron chi connectivity index (χ2n) is 7.26. The zero-order valence-corrected chi connectivity index (χ0v) is 16.6. The predicted molar refractivity (Wildman–Crippen MR) is 114 cm³/mol. The summed E-state index contributed by atoms with van der Waals surface area (Å²) in [6.07, 6.45) is 2.29. The van der Waals surface area contributed by atoms with Gasteiger partial charge in [-0.05, 0) is 43.2 Å². The molecule has 0 fully saturated rings. The zero-order chi connectivity index (χ0) is 21.1. The first-order valence-corrected chi connectivity index (χ1v) is 9.81. The second kappa shape index (κ2) is 8.29. The van der Waals surface area contributed by atoms with E-state index in [1.807, 2.05) is 49.4 Å². The molecule has 30 heavy (non-hydrogen) atoms. The van der Waals surface area contributed by atoms with Gasteiger partial charge in [-0.1, -0.05) is 42.0 Å². The van der Waals surface area contributed by atoms with Crippen molar-refractivity contribution in [3.63, 3.8) is 0 Å². The maximum Gasteiger partial charge on any atom is 0.261 e. The molecule has 3 amide bonds. The molecule has 2 aromatic carbocycles. The van der Waals surface area contributed by atoms with Gasteiger partial charge >= 0.3 is 0 Å². The molecule has 150 valence electrons. The van der Waals surface area contributed by atoms with Crippen LogP contribution in [0.3, 0.4) is 0 Å². The average Bonchev–Trinajstić information content (AvgIpc) is 2.99. The number of amides is 3. The molecule has 0 saturated carbocycles. The van der Waals surface area contributed by atoms with E-state index in [1.165, 1.54) is 4.90 Å². The minimum Gasteiger partial charge on any atom is -0.311 e. The highest BCUT2D eigenvalue weighted by Crippen LogP contribution is 2.24. The third-order valence-electron chi connectivity index (χ3n) is 5.05. The number of nitrogens with one attached hydrogen (secondary N) is 1. The molecule has 6 heteroatoms. The molecule has 0 aliphatic carbocycles. The highest BCUT2D eigenvalue weighted by atomic mass is 16.2. The van der Waals surface area contributed by atoms with Crippen LogP contribution < -0.4 is 5.32 Å². The molecule has 0 spiro atoms. The Bertz CT molecular complexity index is 1110. The summed E-state index contributed by atoms with van der Waals surface area (Å²) in [5.41, 5.74) is 3.82. The smallest absolute Gasteiger partial charge is 0.261 e. The van der Waals surface area contributed by atoms with Crippen LogP contribution in [0.5, 0.6) is 0 Å². The third kappa shape index (κ3) is 3.98. The van der Waals surface area contributed by atoms with Crippen molar-refractivity contribution in [2.45, 2.75) is 19.8 Å². The summed E-state index contributed by atoms with van der Waals surface area (Å²) in [5.74, 6) is -0.329. The Balaban J connectivity index is 1.29. The molecule has 0 atom stereocenters. The summed E-state index contributed by atoms with van der Waals surface area (Å²) < 4.78 is 0. The Morgan fingerprint density at radius 2 is 1.70 bits per heavy atom. The summed E-state index contributed by atoms with van der Waals surface area (Å²) >= 11 is 0. The third-order valence-corrected chi connectivity index (χ3v) is 5.05. The number of fused-ring (bicyclic) bond motifs is 1. The second-order valence-corrected chi connectivity index (χ2v) is 7.26. The number of pyridine rings is 1. The van der Waals surface area contributed by atoms with Gasteiger partial charge in [-0.15, -0.1) is 0 Å². The van der Waals surface area contributed by atoms with Crippen LogP contribution in [0.25, 0.3) is 11.1 Å². The van der Waals surface area contributed by atoms with E-state index < -0.39 is 0 Å². The molecule has 2 heterocycles. The van der Waals surface area contributed by atoms with Crippen molar-refractivity contribution in [1.82, 2.24) is 9.88 Å². The number of nitrogens with zero attached hydrogens (tertiary/aromatic N) is 2. The molecule has 0 unspecified atom stereocenters. The molecule has 1 N–H and O–H groups in total. The van der Waals surface area contributed by atoms with E-state index in [2.05, 4.69) is 10.3 Å². The molecule has 1 aliphatic rings. The highest BCUT2D eigenvalue weighted by molar-refractivity contribution is 6.21. The number of anilines is 1. The molecule has 4 rings (SSSR count). The van der Waals surface area contributed by atoms with Crippen LogP contribution in [0.4, 0.5) is 5.82 Å². The Hall–Kier alpha value is -3.80. The van der Waals surface area contributed by atoms with Crippen LogP contribution in [0.2, 0.25) is 0 Å². The van der Waals surface area contributed by atoms with E-state index in [9.17, 15) is 14.4 Å².